The van der Waals surface area contributed by atoms with Gasteiger partial charge in [-0.25, -0.2) is 18.4 Å². The molecule has 2 rings (SSSR count). The fourth-order valence-electron chi connectivity index (χ4n) is 1.15. The first kappa shape index (κ1) is 13.1. The first-order chi connectivity index (χ1) is 7.12. The van der Waals surface area contributed by atoms with Gasteiger partial charge >= 0.3 is 0 Å². The van der Waals surface area contributed by atoms with Gasteiger partial charge in [0.25, 0.3) is 0 Å². The van der Waals surface area contributed by atoms with Crippen LogP contribution in [0, 0.1) is 0 Å². The highest BCUT2D eigenvalue weighted by atomic mass is 35.5. The highest BCUT2D eigenvalue weighted by Crippen LogP contribution is 2.28. The number of halogens is 1. The lowest BCUT2D eigenvalue weighted by atomic mass is 10.4. The maximum absolute atomic E-state index is 11.5. The van der Waals surface area contributed by atoms with Crippen LogP contribution in [0.3, 0.4) is 0 Å². The SMILES string of the molecule is Cl.NCc1ccnc(NS(=O)(=O)C2CC2)n1. The van der Waals surface area contributed by atoms with E-state index in [0.717, 1.165) is 0 Å². The first-order valence-electron chi connectivity index (χ1n) is 4.65. The van der Waals surface area contributed by atoms with Crippen LogP contribution < -0.4 is 10.5 Å². The number of nitrogens with one attached hydrogen (secondary N) is 1. The Balaban J connectivity index is 0.00000128. The van der Waals surface area contributed by atoms with Gasteiger partial charge in [-0.2, -0.15) is 0 Å². The average Bonchev–Trinajstić information content (AvgIpc) is 3.00. The van der Waals surface area contributed by atoms with Gasteiger partial charge in [0, 0.05) is 12.7 Å². The fraction of sp³-hybridized carbons (Fsp3) is 0.500. The molecule has 16 heavy (non-hydrogen) atoms. The molecule has 8 heteroatoms. The number of aromatic nitrogens is 2. The van der Waals surface area contributed by atoms with Crippen molar-refractivity contribution in [1.82, 2.24) is 9.97 Å². The molecule has 1 aromatic rings. The van der Waals surface area contributed by atoms with E-state index in [0.29, 0.717) is 18.5 Å². The zero-order valence-electron chi connectivity index (χ0n) is 8.46. The van der Waals surface area contributed by atoms with E-state index in [1.54, 1.807) is 6.07 Å². The molecule has 0 atom stereocenters. The van der Waals surface area contributed by atoms with Crippen LogP contribution >= 0.6 is 12.4 Å². The Morgan fingerprint density at radius 1 is 1.50 bits per heavy atom. The molecule has 0 spiro atoms. The lowest BCUT2D eigenvalue weighted by Crippen LogP contribution is -2.19. The molecule has 0 aromatic carbocycles. The van der Waals surface area contributed by atoms with Gasteiger partial charge in [-0.3, -0.25) is 4.72 Å². The van der Waals surface area contributed by atoms with Crippen molar-refractivity contribution in [3.63, 3.8) is 0 Å². The molecule has 0 aliphatic heterocycles. The van der Waals surface area contributed by atoms with E-state index in [1.807, 2.05) is 0 Å². The van der Waals surface area contributed by atoms with Crippen molar-refractivity contribution in [3.05, 3.63) is 18.0 Å². The Kier molecular flexibility index (Phi) is 4.06. The molecule has 3 N–H and O–H groups in total. The normalized spacial score (nSPS) is 15.3. The van der Waals surface area contributed by atoms with Crippen molar-refractivity contribution < 1.29 is 8.42 Å². The van der Waals surface area contributed by atoms with Crippen molar-refractivity contribution in [3.8, 4) is 0 Å². The van der Waals surface area contributed by atoms with Gasteiger partial charge in [-0.05, 0) is 18.9 Å². The second-order valence-electron chi connectivity index (χ2n) is 3.42. The maximum Gasteiger partial charge on any atom is 0.237 e. The smallest absolute Gasteiger partial charge is 0.237 e. The summed E-state index contributed by atoms with van der Waals surface area (Å²) in [4.78, 5) is 7.79. The standard InChI is InChI=1S/C8H12N4O2S.ClH/c9-5-6-3-4-10-8(11-6)12-15(13,14)7-1-2-7;/h3-4,7H,1-2,5,9H2,(H,10,11,12);1H. The van der Waals surface area contributed by atoms with Crippen LogP contribution in [0.5, 0.6) is 0 Å². The summed E-state index contributed by atoms with van der Waals surface area (Å²) in [6.07, 6.45) is 2.91. The van der Waals surface area contributed by atoms with Gasteiger partial charge in [0.15, 0.2) is 0 Å². The van der Waals surface area contributed by atoms with Gasteiger partial charge in [0.05, 0.1) is 10.9 Å². The summed E-state index contributed by atoms with van der Waals surface area (Å²) in [5.41, 5.74) is 6.00. The Bertz CT molecular complexity index is 461. The van der Waals surface area contributed by atoms with Crippen LogP contribution in [-0.4, -0.2) is 23.6 Å². The minimum atomic E-state index is -3.28. The molecule has 90 valence electrons. The Hall–Kier alpha value is -0.920. The van der Waals surface area contributed by atoms with E-state index in [2.05, 4.69) is 14.7 Å². The Labute approximate surface area is 100 Å². The van der Waals surface area contributed by atoms with Crippen molar-refractivity contribution >= 4 is 28.4 Å². The second kappa shape index (κ2) is 4.94. The van der Waals surface area contributed by atoms with Crippen molar-refractivity contribution in [2.24, 2.45) is 5.73 Å². The lowest BCUT2D eigenvalue weighted by molar-refractivity contribution is 0.599. The molecular weight excluding hydrogens is 252 g/mol. The van der Waals surface area contributed by atoms with E-state index in [1.165, 1.54) is 6.20 Å². The van der Waals surface area contributed by atoms with Crippen LogP contribution in [0.2, 0.25) is 0 Å². The molecule has 1 heterocycles. The predicted molar refractivity (Wildman–Crippen MR) is 62.7 cm³/mol. The molecule has 1 saturated carbocycles. The van der Waals surface area contributed by atoms with Crippen LogP contribution in [0.25, 0.3) is 0 Å². The topological polar surface area (TPSA) is 98.0 Å². The van der Waals surface area contributed by atoms with Crippen molar-refractivity contribution in [1.29, 1.82) is 0 Å². The predicted octanol–water partition coefficient (Wildman–Crippen LogP) is 0.261. The minimum Gasteiger partial charge on any atom is -0.325 e. The molecule has 6 nitrogen and oxygen atoms in total. The lowest BCUT2D eigenvalue weighted by Gasteiger charge is -2.05. The van der Waals surface area contributed by atoms with Gasteiger partial charge in [0.1, 0.15) is 0 Å². The van der Waals surface area contributed by atoms with E-state index in [-0.39, 0.29) is 30.2 Å². The average molecular weight is 265 g/mol. The Morgan fingerprint density at radius 3 is 2.75 bits per heavy atom. The third-order valence-corrected chi connectivity index (χ3v) is 3.94. The summed E-state index contributed by atoms with van der Waals surface area (Å²) in [6.45, 7) is 0.265. The highest BCUT2D eigenvalue weighted by molar-refractivity contribution is 7.93. The first-order valence-corrected chi connectivity index (χ1v) is 6.20. The third kappa shape index (κ3) is 3.03. The van der Waals surface area contributed by atoms with Crippen molar-refractivity contribution in [2.45, 2.75) is 24.6 Å². The zero-order chi connectivity index (χ0) is 10.9. The molecule has 1 aromatic heterocycles. The summed E-state index contributed by atoms with van der Waals surface area (Å²) in [5, 5.41) is -0.275. The number of sulfonamides is 1. The molecule has 0 unspecified atom stereocenters. The van der Waals surface area contributed by atoms with E-state index in [9.17, 15) is 8.42 Å². The number of hydrogen-bond donors (Lipinski definition) is 2. The quantitative estimate of drug-likeness (QED) is 0.813. The maximum atomic E-state index is 11.5. The molecule has 0 saturated heterocycles. The molecular formula is C8H13ClN4O2S. The molecule has 1 fully saturated rings. The van der Waals surface area contributed by atoms with Crippen LogP contribution in [0.15, 0.2) is 12.3 Å². The highest BCUT2D eigenvalue weighted by Gasteiger charge is 2.36. The van der Waals surface area contributed by atoms with E-state index < -0.39 is 10.0 Å². The van der Waals surface area contributed by atoms with Gasteiger partial charge < -0.3 is 5.73 Å². The summed E-state index contributed by atoms with van der Waals surface area (Å²) >= 11 is 0. The molecule has 0 radical (unpaired) electrons. The zero-order valence-corrected chi connectivity index (χ0v) is 10.1. The number of rotatable bonds is 4. The van der Waals surface area contributed by atoms with Gasteiger partial charge in [-0.1, -0.05) is 0 Å². The van der Waals surface area contributed by atoms with Gasteiger partial charge in [-0.15, -0.1) is 12.4 Å². The van der Waals surface area contributed by atoms with E-state index in [4.69, 9.17) is 5.73 Å². The van der Waals surface area contributed by atoms with Crippen molar-refractivity contribution in [2.75, 3.05) is 4.72 Å². The van der Waals surface area contributed by atoms with Crippen LogP contribution in [0.4, 0.5) is 5.95 Å². The molecule has 1 aliphatic rings. The second-order valence-corrected chi connectivity index (χ2v) is 5.38. The largest absolute Gasteiger partial charge is 0.325 e. The monoisotopic (exact) mass is 264 g/mol. The number of nitrogens with zero attached hydrogens (tertiary/aromatic N) is 2. The summed E-state index contributed by atoms with van der Waals surface area (Å²) < 4.78 is 25.4. The summed E-state index contributed by atoms with van der Waals surface area (Å²) in [7, 11) is -3.28. The summed E-state index contributed by atoms with van der Waals surface area (Å²) in [6, 6.07) is 1.65. The van der Waals surface area contributed by atoms with Crippen LogP contribution in [-0.2, 0) is 16.6 Å². The van der Waals surface area contributed by atoms with Gasteiger partial charge in [0.2, 0.25) is 16.0 Å². The van der Waals surface area contributed by atoms with E-state index >= 15 is 0 Å². The minimum absolute atomic E-state index is 0. The molecule has 0 amide bonds. The molecule has 1 aliphatic carbocycles. The number of anilines is 1. The number of nitrogens with two attached hydrogens (primary N) is 1. The Morgan fingerprint density at radius 2 is 2.19 bits per heavy atom. The third-order valence-electron chi connectivity index (χ3n) is 2.12. The fourth-order valence-corrected chi connectivity index (χ4v) is 2.42. The van der Waals surface area contributed by atoms with Crippen LogP contribution in [0.1, 0.15) is 18.5 Å². The summed E-state index contributed by atoms with van der Waals surface area (Å²) in [5.74, 6) is 0.102. The molecule has 0 bridgehead atoms. The number of hydrogen-bond acceptors (Lipinski definition) is 5.